The van der Waals surface area contributed by atoms with Crippen LogP contribution in [-0.2, 0) is 0 Å². The number of hydrogen-bond donors (Lipinski definition) is 0. The molecule has 1 unspecified atom stereocenters. The van der Waals surface area contributed by atoms with Gasteiger partial charge in [-0.1, -0.05) is 0 Å². The van der Waals surface area contributed by atoms with Gasteiger partial charge in [0.05, 0.1) is 0 Å². The Labute approximate surface area is 105 Å². The first-order valence-electron chi connectivity index (χ1n) is 3.94. The molecule has 0 radical (unpaired) electrons. The molecule has 0 N–H and O–H groups in total. The molecule has 0 heterocycles. The Hall–Kier alpha value is 2.20. The Kier molecular flexibility index (Phi) is 5.45. The van der Waals surface area contributed by atoms with Gasteiger partial charge in [0, 0.05) is 0 Å². The summed E-state index contributed by atoms with van der Waals surface area (Å²) >= 11 is 15.0. The number of allylic oxidation sites excluding steroid dienone is 2. The van der Waals surface area contributed by atoms with Crippen LogP contribution in [0.15, 0.2) is 10.6 Å². The van der Waals surface area contributed by atoms with Crippen LogP contribution < -0.4 is 0 Å². The molecular weight excluding hydrogens is 476 g/mol. The van der Waals surface area contributed by atoms with E-state index >= 15 is 0 Å². The van der Waals surface area contributed by atoms with Crippen molar-refractivity contribution < 1.29 is 0 Å². The van der Waals surface area contributed by atoms with Gasteiger partial charge < -0.3 is 0 Å². The van der Waals surface area contributed by atoms with Crippen LogP contribution in [-0.4, -0.2) is 7.74 Å². The summed E-state index contributed by atoms with van der Waals surface area (Å²) in [6.45, 7) is 0. The molecule has 0 spiro atoms. The molecule has 5 heteroatoms. The van der Waals surface area contributed by atoms with Gasteiger partial charge in [0.2, 0.25) is 0 Å². The van der Waals surface area contributed by atoms with Gasteiger partial charge in [-0.15, -0.1) is 0 Å². The maximum atomic E-state index is 3.77. The summed E-state index contributed by atoms with van der Waals surface area (Å²) in [5.74, 6) is 0. The first-order valence-corrected chi connectivity index (χ1v) is 20.7. The fraction of sp³-hybridized carbons (Fsp3) is 0.714. The molecule has 0 saturated heterocycles. The molecule has 1 aliphatic carbocycles. The molecule has 0 saturated carbocycles. The molecule has 0 fully saturated rings. The topological polar surface area (TPSA) is 0 Å². The van der Waals surface area contributed by atoms with Crippen LogP contribution in [0.4, 0.5) is 0 Å². The van der Waals surface area contributed by atoms with E-state index in [9.17, 15) is 0 Å². The van der Waals surface area contributed by atoms with E-state index in [-0.39, 0.29) is 0 Å². The SMILES string of the molecule is BrC1=CCCCC[CH]1[Ge]([Br])([Br])[Br]. The molecule has 0 aromatic heterocycles. The molecule has 1 rings (SSSR count). The number of hydrogen-bond acceptors (Lipinski definition) is 0. The van der Waals surface area contributed by atoms with E-state index in [4.69, 9.17) is 0 Å². The molecule has 1 aliphatic rings. The fourth-order valence-electron chi connectivity index (χ4n) is 1.33. The molecule has 0 aromatic carbocycles. The minimum atomic E-state index is -2.01. The molecule has 0 bridgehead atoms. The second kappa shape index (κ2) is 5.33. The standard InChI is InChI=1S/C7H10Br4Ge/c8-6-4-2-1-3-5-7(6)12(9,10)11/h4,7H,1-3,5H2. The van der Waals surface area contributed by atoms with Crippen LogP contribution in [0.25, 0.3) is 0 Å². The first-order chi connectivity index (χ1) is 5.52. The van der Waals surface area contributed by atoms with Gasteiger partial charge in [-0.3, -0.25) is 0 Å². The zero-order valence-electron chi connectivity index (χ0n) is 6.49. The van der Waals surface area contributed by atoms with Gasteiger partial charge in [0.25, 0.3) is 0 Å². The molecule has 12 heavy (non-hydrogen) atoms. The zero-order valence-corrected chi connectivity index (χ0v) is 14.9. The average molecular weight is 486 g/mol. The predicted octanol–water partition coefficient (Wildman–Crippen LogP) is 5.33. The molecule has 1 atom stereocenters. The van der Waals surface area contributed by atoms with Crippen LogP contribution >= 0.6 is 57.9 Å². The van der Waals surface area contributed by atoms with E-state index in [1.165, 1.54) is 30.2 Å². The third kappa shape index (κ3) is 3.75. The normalized spacial score (nSPS) is 26.3. The van der Waals surface area contributed by atoms with Crippen molar-refractivity contribution in [3.8, 4) is 0 Å². The second-order valence-electron chi connectivity index (χ2n) is 2.97. The Morgan fingerprint density at radius 2 is 1.92 bits per heavy atom. The Morgan fingerprint density at radius 1 is 1.25 bits per heavy atom. The zero-order chi connectivity index (χ0) is 9.19. The first kappa shape index (κ1) is 12.3. The van der Waals surface area contributed by atoms with Crippen molar-refractivity contribution in [1.82, 2.24) is 0 Å². The van der Waals surface area contributed by atoms with Gasteiger partial charge in [-0.2, -0.15) is 0 Å². The summed E-state index contributed by atoms with van der Waals surface area (Å²) < 4.78 is 2.05. The van der Waals surface area contributed by atoms with Crippen molar-refractivity contribution in [3.63, 3.8) is 0 Å². The predicted molar refractivity (Wildman–Crippen MR) is 71.8 cm³/mol. The van der Waals surface area contributed by atoms with Crippen LogP contribution in [0.5, 0.6) is 0 Å². The van der Waals surface area contributed by atoms with Gasteiger partial charge in [0.1, 0.15) is 0 Å². The summed E-state index contributed by atoms with van der Waals surface area (Å²) in [5.41, 5.74) is 0. The van der Waals surface area contributed by atoms with Crippen LogP contribution in [0, 0.1) is 0 Å². The molecule has 0 aromatic rings. The summed E-state index contributed by atoms with van der Waals surface area (Å²) in [6, 6.07) is 0. The Bertz CT molecular complexity index is 184. The monoisotopic (exact) mass is 484 g/mol. The molecular formula is C7H10Br4Ge. The van der Waals surface area contributed by atoms with Crippen LogP contribution in [0.1, 0.15) is 25.7 Å². The third-order valence-electron chi connectivity index (χ3n) is 2.01. The summed E-state index contributed by atoms with van der Waals surface area (Å²) in [4.78, 5) is 0. The number of halogens is 4. The van der Waals surface area contributed by atoms with E-state index in [2.05, 4.69) is 64.0 Å². The van der Waals surface area contributed by atoms with E-state index in [1.54, 1.807) is 0 Å². The summed E-state index contributed by atoms with van der Waals surface area (Å²) in [7, 11) is -2.01. The summed E-state index contributed by atoms with van der Waals surface area (Å²) in [5, 5.41) is 0. The Morgan fingerprint density at radius 3 is 2.50 bits per heavy atom. The van der Waals surface area contributed by atoms with Crippen molar-refractivity contribution in [2.24, 2.45) is 0 Å². The Balaban J connectivity index is 2.73. The summed E-state index contributed by atoms with van der Waals surface area (Å²) in [6.07, 6.45) is 7.51. The second-order valence-corrected chi connectivity index (χ2v) is 43.7. The fourth-order valence-corrected chi connectivity index (χ4v) is 17.8. The quantitative estimate of drug-likeness (QED) is 0.440. The van der Waals surface area contributed by atoms with Gasteiger partial charge in [-0.25, -0.2) is 0 Å². The number of rotatable bonds is 1. The molecule has 0 amide bonds. The van der Waals surface area contributed by atoms with E-state index in [0.717, 1.165) is 0 Å². The van der Waals surface area contributed by atoms with Gasteiger partial charge in [-0.05, 0) is 0 Å². The van der Waals surface area contributed by atoms with Crippen LogP contribution in [0.2, 0.25) is 4.75 Å². The maximum absolute atomic E-state index is 3.77. The van der Waals surface area contributed by atoms with Crippen molar-refractivity contribution in [2.45, 2.75) is 30.4 Å². The molecule has 0 aliphatic heterocycles. The van der Waals surface area contributed by atoms with Crippen molar-refractivity contribution in [1.29, 1.82) is 0 Å². The minimum absolute atomic E-state index is 0.674. The van der Waals surface area contributed by atoms with E-state index in [1.807, 2.05) is 0 Å². The average Bonchev–Trinajstić information content (AvgIpc) is 2.11. The van der Waals surface area contributed by atoms with Crippen molar-refractivity contribution in [3.05, 3.63) is 10.6 Å². The molecule has 70 valence electrons. The van der Waals surface area contributed by atoms with Gasteiger partial charge in [0.15, 0.2) is 0 Å². The van der Waals surface area contributed by atoms with Crippen molar-refractivity contribution in [2.75, 3.05) is 0 Å². The van der Waals surface area contributed by atoms with Crippen molar-refractivity contribution >= 4 is 65.7 Å². The van der Waals surface area contributed by atoms with E-state index in [0.29, 0.717) is 4.75 Å². The third-order valence-corrected chi connectivity index (χ3v) is 15.3. The van der Waals surface area contributed by atoms with Crippen LogP contribution in [0.3, 0.4) is 0 Å². The van der Waals surface area contributed by atoms with E-state index < -0.39 is 7.74 Å². The van der Waals surface area contributed by atoms with Gasteiger partial charge >= 0.3 is 107 Å². The molecule has 0 nitrogen and oxygen atoms in total.